The average Bonchev–Trinajstić information content (AvgIpc) is 3.73. The van der Waals surface area contributed by atoms with Gasteiger partial charge in [0.1, 0.15) is 22.1 Å². The van der Waals surface area contributed by atoms with Crippen LogP contribution in [0.3, 0.4) is 0 Å². The Morgan fingerprint density at radius 1 is 0.923 bits per heavy atom. The summed E-state index contributed by atoms with van der Waals surface area (Å²) in [7, 11) is 1.89. The lowest BCUT2D eigenvalue weighted by molar-refractivity contribution is -0.134. The van der Waals surface area contributed by atoms with Gasteiger partial charge in [-0.15, -0.1) is 0 Å². The summed E-state index contributed by atoms with van der Waals surface area (Å²) in [6.45, 7) is 10.4. The largest absolute Gasteiger partial charge is 0.453 e. The zero-order valence-electron chi connectivity index (χ0n) is 29.6. The normalized spacial score (nSPS) is 19.4. The fraction of sp³-hybridized carbons (Fsp3) is 0.410. The van der Waals surface area contributed by atoms with Crippen LogP contribution in [0.15, 0.2) is 60.9 Å². The molecule has 3 fully saturated rings. The van der Waals surface area contributed by atoms with E-state index in [4.69, 9.17) is 16.3 Å². The number of piperidine rings is 2. The molecular weight excluding hydrogens is 678 g/mol. The number of nitrogens with one attached hydrogen (secondary N) is 2. The number of carbonyl (C=O) groups is 2. The van der Waals surface area contributed by atoms with Gasteiger partial charge in [0.25, 0.3) is 0 Å². The number of benzene rings is 2. The summed E-state index contributed by atoms with van der Waals surface area (Å²) in [4.78, 5) is 43.8. The minimum absolute atomic E-state index is 0.172. The molecule has 2 aromatic carbocycles. The number of aromatic amines is 1. The maximum absolute atomic E-state index is 12.3. The summed E-state index contributed by atoms with van der Waals surface area (Å²) in [6, 6.07) is 16.6. The number of carbonyl (C=O) groups excluding carboxylic acids is 2. The fourth-order valence-corrected chi connectivity index (χ4v) is 7.99. The van der Waals surface area contributed by atoms with Gasteiger partial charge >= 0.3 is 0 Å². The minimum Gasteiger partial charge on any atom is -0.453 e. The molecule has 0 radical (unpaired) electrons. The number of hydrogen-bond acceptors (Lipinski definition) is 9. The fourth-order valence-electron chi connectivity index (χ4n) is 7.81. The van der Waals surface area contributed by atoms with E-state index in [1.54, 1.807) is 10.9 Å². The van der Waals surface area contributed by atoms with E-state index in [0.29, 0.717) is 52.3 Å². The van der Waals surface area contributed by atoms with Crippen molar-refractivity contribution in [1.29, 1.82) is 0 Å². The first-order chi connectivity index (χ1) is 25.3. The van der Waals surface area contributed by atoms with Gasteiger partial charge in [0.2, 0.25) is 11.8 Å². The zero-order valence-corrected chi connectivity index (χ0v) is 30.4. The molecule has 8 rings (SSSR count). The van der Waals surface area contributed by atoms with Crippen LogP contribution in [0.25, 0.3) is 22.6 Å². The maximum atomic E-state index is 12.3. The van der Waals surface area contributed by atoms with Gasteiger partial charge in [-0.05, 0) is 67.5 Å². The van der Waals surface area contributed by atoms with Crippen molar-refractivity contribution in [3.8, 4) is 22.9 Å². The molecule has 5 aromatic rings. The number of nitrogens with zero attached hydrogens (tertiary/aromatic N) is 7. The quantitative estimate of drug-likeness (QED) is 0.186. The summed E-state index contributed by atoms with van der Waals surface area (Å²) >= 11 is 6.56. The topological polar surface area (TPSA) is 125 Å². The molecule has 0 spiro atoms. The molecule has 6 heterocycles. The first kappa shape index (κ1) is 34.3. The number of piperazine rings is 1. The molecule has 1 atom stereocenters. The molecule has 2 amide bonds. The molecule has 3 saturated heterocycles. The number of imidazole rings is 1. The van der Waals surface area contributed by atoms with Crippen molar-refractivity contribution in [3.05, 3.63) is 82.8 Å². The molecule has 0 bridgehead atoms. The highest BCUT2D eigenvalue weighted by atomic mass is 35.5. The maximum Gasteiger partial charge on any atom is 0.234 e. The molecule has 3 aliphatic heterocycles. The van der Waals surface area contributed by atoms with Crippen LogP contribution in [0.1, 0.15) is 48.4 Å². The highest BCUT2D eigenvalue weighted by Gasteiger charge is 2.29. The van der Waals surface area contributed by atoms with Gasteiger partial charge in [0, 0.05) is 77.7 Å². The van der Waals surface area contributed by atoms with Crippen LogP contribution < -0.4 is 15.0 Å². The summed E-state index contributed by atoms with van der Waals surface area (Å²) in [5.41, 5.74) is 6.42. The molecule has 270 valence electrons. The number of H-pyrrole nitrogens is 1. The first-order valence-electron chi connectivity index (χ1n) is 18.2. The minimum atomic E-state index is -0.232. The van der Waals surface area contributed by atoms with Crippen LogP contribution in [0, 0.1) is 12.8 Å². The molecule has 3 aliphatic rings. The number of aryl methyl sites for hydroxylation is 2. The number of ether oxygens (including phenoxy) is 1. The molecule has 12 nitrogen and oxygen atoms in total. The molecule has 0 saturated carbocycles. The summed E-state index contributed by atoms with van der Waals surface area (Å²) < 4.78 is 8.06. The summed E-state index contributed by atoms with van der Waals surface area (Å²) in [5.74, 6) is 2.00. The first-order valence-corrected chi connectivity index (χ1v) is 18.6. The predicted octanol–water partition coefficient (Wildman–Crippen LogP) is 5.67. The van der Waals surface area contributed by atoms with Crippen LogP contribution in [0.4, 0.5) is 5.69 Å². The van der Waals surface area contributed by atoms with Crippen LogP contribution in [-0.2, 0) is 23.2 Å². The molecule has 0 aliphatic carbocycles. The van der Waals surface area contributed by atoms with Gasteiger partial charge in [0.05, 0.1) is 23.4 Å². The van der Waals surface area contributed by atoms with E-state index in [1.807, 2.05) is 32.3 Å². The summed E-state index contributed by atoms with van der Waals surface area (Å²) in [6.07, 6.45) is 6.86. The Morgan fingerprint density at radius 3 is 2.35 bits per heavy atom. The predicted molar refractivity (Wildman–Crippen MR) is 201 cm³/mol. The molecular formula is C39H44ClN9O3. The van der Waals surface area contributed by atoms with Crippen molar-refractivity contribution in [2.75, 3.05) is 50.7 Å². The number of amides is 2. The lowest BCUT2D eigenvalue weighted by Gasteiger charge is -2.39. The van der Waals surface area contributed by atoms with Gasteiger partial charge in [-0.25, -0.2) is 9.97 Å². The Bertz CT molecular complexity index is 2060. The van der Waals surface area contributed by atoms with Crippen LogP contribution in [-0.4, -0.2) is 92.2 Å². The lowest BCUT2D eigenvalue weighted by Crippen LogP contribution is -2.48. The monoisotopic (exact) mass is 721 g/mol. The van der Waals surface area contributed by atoms with Gasteiger partial charge in [0.15, 0.2) is 11.4 Å². The van der Waals surface area contributed by atoms with Crippen molar-refractivity contribution in [3.63, 3.8) is 0 Å². The van der Waals surface area contributed by atoms with E-state index in [-0.39, 0.29) is 17.7 Å². The second kappa shape index (κ2) is 14.7. The zero-order chi connectivity index (χ0) is 35.8. The summed E-state index contributed by atoms with van der Waals surface area (Å²) in [5, 5.41) is 7.31. The average molecular weight is 722 g/mol. The number of imide groups is 1. The third kappa shape index (κ3) is 7.41. The number of hydrogen-bond donors (Lipinski definition) is 2. The standard InChI is InChI=1S/C39H44ClN9O3/c1-25-32(24-46(2)45-25)37-43-35-36(33(40)21-41-38(35)44-37)52-30-9-3-26(4-10-30)22-47-17-19-48(20-18-47)23-27-13-15-49(16-14-27)29-7-5-28(6-8-29)31-11-12-34(50)42-39(31)51/h3-10,21,24,27,31H,11-20,22-23H2,1-2H3,(H,41,43,44)(H,42,50,51)/t31-/m1/s1. The van der Waals surface area contributed by atoms with Gasteiger partial charge in [-0.1, -0.05) is 35.9 Å². The van der Waals surface area contributed by atoms with E-state index >= 15 is 0 Å². The van der Waals surface area contributed by atoms with E-state index in [9.17, 15) is 9.59 Å². The number of fused-ring (bicyclic) bond motifs is 1. The van der Waals surface area contributed by atoms with Gasteiger partial charge in [-0.2, -0.15) is 5.10 Å². The Kier molecular flexibility index (Phi) is 9.69. The van der Waals surface area contributed by atoms with Crippen LogP contribution >= 0.6 is 11.6 Å². The number of rotatable bonds is 9. The molecule has 3 aromatic heterocycles. The van der Waals surface area contributed by atoms with Crippen LogP contribution in [0.2, 0.25) is 5.02 Å². The smallest absolute Gasteiger partial charge is 0.234 e. The van der Waals surface area contributed by atoms with E-state index < -0.39 is 0 Å². The molecule has 0 unspecified atom stereocenters. The van der Waals surface area contributed by atoms with Gasteiger partial charge < -0.3 is 19.5 Å². The van der Waals surface area contributed by atoms with E-state index in [0.717, 1.165) is 69.2 Å². The number of anilines is 1. The Morgan fingerprint density at radius 2 is 1.65 bits per heavy atom. The number of aromatic nitrogens is 5. The number of halogens is 1. The SMILES string of the molecule is Cc1nn(C)cc1-c1nc2ncc(Cl)c(Oc3ccc(CN4CCN(CC5CCN(c6ccc([C@H]7CCC(=O)NC7=O)cc6)CC5)CC4)cc3)c2[nH]1. The Balaban J connectivity index is 0.793. The van der Waals surface area contributed by atoms with Crippen molar-refractivity contribution in [2.45, 2.75) is 45.1 Å². The molecule has 2 N–H and O–H groups in total. The highest BCUT2D eigenvalue weighted by molar-refractivity contribution is 6.32. The van der Waals surface area contributed by atoms with Gasteiger partial charge in [-0.3, -0.25) is 24.5 Å². The third-order valence-corrected chi connectivity index (χ3v) is 11.0. The van der Waals surface area contributed by atoms with Crippen molar-refractivity contribution >= 4 is 40.3 Å². The second-order valence-electron chi connectivity index (χ2n) is 14.4. The Labute approximate surface area is 308 Å². The Hall–Kier alpha value is -4.78. The van der Waals surface area contributed by atoms with E-state index in [1.165, 1.54) is 24.1 Å². The highest BCUT2D eigenvalue weighted by Crippen LogP contribution is 2.36. The number of pyridine rings is 1. The third-order valence-electron chi connectivity index (χ3n) is 10.7. The molecule has 52 heavy (non-hydrogen) atoms. The lowest BCUT2D eigenvalue weighted by atomic mass is 9.90. The van der Waals surface area contributed by atoms with Crippen molar-refractivity contribution < 1.29 is 14.3 Å². The molecule has 13 heteroatoms. The van der Waals surface area contributed by atoms with Crippen molar-refractivity contribution in [2.24, 2.45) is 13.0 Å². The van der Waals surface area contributed by atoms with Crippen molar-refractivity contribution in [1.82, 2.24) is 39.8 Å². The second-order valence-corrected chi connectivity index (χ2v) is 14.8. The van der Waals surface area contributed by atoms with Crippen LogP contribution in [0.5, 0.6) is 11.5 Å². The van der Waals surface area contributed by atoms with E-state index in [2.05, 4.69) is 76.5 Å².